The predicted octanol–water partition coefficient (Wildman–Crippen LogP) is 3.96. The van der Waals surface area contributed by atoms with Crippen LogP contribution in [0.5, 0.6) is 0 Å². The van der Waals surface area contributed by atoms with E-state index in [1.807, 2.05) is 43.4 Å². The van der Waals surface area contributed by atoms with E-state index < -0.39 is 0 Å². The molecular formula is C17H16ClN. The van der Waals surface area contributed by atoms with Crippen LogP contribution in [0.1, 0.15) is 22.7 Å². The van der Waals surface area contributed by atoms with Gasteiger partial charge in [-0.1, -0.05) is 53.3 Å². The fraction of sp³-hybridized carbons (Fsp3) is 0.176. The molecule has 0 aliphatic heterocycles. The minimum absolute atomic E-state index is 0.0126. The van der Waals surface area contributed by atoms with Crippen molar-refractivity contribution in [2.24, 2.45) is 0 Å². The highest BCUT2D eigenvalue weighted by Gasteiger charge is 2.04. The van der Waals surface area contributed by atoms with E-state index in [1.54, 1.807) is 0 Å². The molecule has 1 atom stereocenters. The van der Waals surface area contributed by atoms with Gasteiger partial charge in [0.2, 0.25) is 0 Å². The molecule has 0 fully saturated rings. The Kier molecular flexibility index (Phi) is 4.63. The molecule has 0 unspecified atom stereocenters. The molecule has 1 nitrogen and oxygen atoms in total. The first kappa shape index (κ1) is 13.7. The molecule has 0 radical (unpaired) electrons. The van der Waals surface area contributed by atoms with Crippen LogP contribution in [0.3, 0.4) is 0 Å². The lowest BCUT2D eigenvalue weighted by Gasteiger charge is -2.09. The summed E-state index contributed by atoms with van der Waals surface area (Å²) in [6.07, 6.45) is 0. The molecule has 0 amide bonds. The maximum atomic E-state index is 5.89. The average molecular weight is 270 g/mol. The quantitative estimate of drug-likeness (QED) is 0.814. The fourth-order valence-corrected chi connectivity index (χ4v) is 1.90. The Balaban J connectivity index is 2.20. The van der Waals surface area contributed by atoms with E-state index >= 15 is 0 Å². The zero-order chi connectivity index (χ0) is 13.7. The minimum Gasteiger partial charge on any atom is -0.303 e. The summed E-state index contributed by atoms with van der Waals surface area (Å²) in [6.45, 7) is 2.07. The van der Waals surface area contributed by atoms with Crippen molar-refractivity contribution in [3.8, 4) is 11.8 Å². The van der Waals surface area contributed by atoms with Crippen LogP contribution in [-0.2, 0) is 0 Å². The van der Waals surface area contributed by atoms with Gasteiger partial charge in [0.1, 0.15) is 0 Å². The van der Waals surface area contributed by atoms with E-state index in [0.717, 1.165) is 16.1 Å². The van der Waals surface area contributed by atoms with E-state index in [1.165, 1.54) is 5.56 Å². The molecule has 2 aromatic rings. The van der Waals surface area contributed by atoms with E-state index in [0.29, 0.717) is 0 Å². The molecule has 2 rings (SSSR count). The van der Waals surface area contributed by atoms with Crippen LogP contribution in [0.4, 0.5) is 0 Å². The highest BCUT2D eigenvalue weighted by molar-refractivity contribution is 6.30. The summed E-state index contributed by atoms with van der Waals surface area (Å²) < 4.78 is 0. The Labute approximate surface area is 119 Å². The summed E-state index contributed by atoms with van der Waals surface area (Å²) in [7, 11) is 1.91. The summed E-state index contributed by atoms with van der Waals surface area (Å²) in [4.78, 5) is 0. The molecule has 2 heteroatoms. The Morgan fingerprint density at radius 3 is 2.21 bits per heavy atom. The first-order chi connectivity index (χ1) is 9.19. The van der Waals surface area contributed by atoms with E-state index in [4.69, 9.17) is 11.6 Å². The van der Waals surface area contributed by atoms with Gasteiger partial charge in [-0.3, -0.25) is 0 Å². The number of hydrogen-bond donors (Lipinski definition) is 1. The molecule has 0 spiro atoms. The molecule has 2 aromatic carbocycles. The van der Waals surface area contributed by atoms with Crippen molar-refractivity contribution in [2.45, 2.75) is 13.0 Å². The zero-order valence-corrected chi connectivity index (χ0v) is 11.8. The third kappa shape index (κ3) is 3.86. The van der Waals surface area contributed by atoms with E-state index in [2.05, 4.69) is 36.2 Å². The highest BCUT2D eigenvalue weighted by atomic mass is 35.5. The van der Waals surface area contributed by atoms with Gasteiger partial charge in [0.05, 0.1) is 6.04 Å². The van der Waals surface area contributed by atoms with Gasteiger partial charge >= 0.3 is 0 Å². The Bertz CT molecular complexity index is 588. The first-order valence-corrected chi connectivity index (χ1v) is 6.58. The van der Waals surface area contributed by atoms with Gasteiger partial charge in [-0.25, -0.2) is 0 Å². The monoisotopic (exact) mass is 269 g/mol. The van der Waals surface area contributed by atoms with Crippen LogP contribution >= 0.6 is 11.6 Å². The molecule has 0 aliphatic rings. The standard InChI is InChI=1S/C17H16ClN/c1-13-3-5-14(6-4-13)7-12-17(19-2)15-8-10-16(18)11-9-15/h3-6,8-11,17,19H,1-2H3/t17-/m0/s1. The van der Waals surface area contributed by atoms with Crippen molar-refractivity contribution in [1.29, 1.82) is 0 Å². The normalized spacial score (nSPS) is 11.5. The molecule has 19 heavy (non-hydrogen) atoms. The highest BCUT2D eigenvalue weighted by Crippen LogP contribution is 2.15. The van der Waals surface area contributed by atoms with Gasteiger partial charge in [-0.15, -0.1) is 0 Å². The van der Waals surface area contributed by atoms with Crippen molar-refractivity contribution in [3.63, 3.8) is 0 Å². The van der Waals surface area contributed by atoms with Gasteiger partial charge in [0.15, 0.2) is 0 Å². The summed E-state index contributed by atoms with van der Waals surface area (Å²) in [6, 6.07) is 16.0. The number of rotatable bonds is 2. The number of benzene rings is 2. The maximum absolute atomic E-state index is 5.89. The summed E-state index contributed by atoms with van der Waals surface area (Å²) in [5.74, 6) is 6.43. The van der Waals surface area contributed by atoms with E-state index in [-0.39, 0.29) is 6.04 Å². The molecule has 0 bridgehead atoms. The minimum atomic E-state index is 0.0126. The van der Waals surface area contributed by atoms with Crippen LogP contribution in [0.2, 0.25) is 5.02 Å². The molecule has 0 aliphatic carbocycles. The SMILES string of the molecule is CN[C@@H](C#Cc1ccc(C)cc1)c1ccc(Cl)cc1. The predicted molar refractivity (Wildman–Crippen MR) is 81.3 cm³/mol. The average Bonchev–Trinajstić information content (AvgIpc) is 2.43. The van der Waals surface area contributed by atoms with Gasteiger partial charge in [0, 0.05) is 10.6 Å². The molecule has 0 saturated heterocycles. The third-order valence-electron chi connectivity index (χ3n) is 2.90. The molecule has 1 N–H and O–H groups in total. The Hall–Kier alpha value is -1.75. The van der Waals surface area contributed by atoms with Crippen molar-refractivity contribution in [2.75, 3.05) is 7.05 Å². The Morgan fingerprint density at radius 1 is 1.00 bits per heavy atom. The number of aryl methyl sites for hydroxylation is 1. The largest absolute Gasteiger partial charge is 0.303 e. The first-order valence-electron chi connectivity index (χ1n) is 6.20. The molecular weight excluding hydrogens is 254 g/mol. The molecule has 0 aromatic heterocycles. The van der Waals surface area contributed by atoms with Gasteiger partial charge < -0.3 is 5.32 Å². The number of nitrogens with one attached hydrogen (secondary N) is 1. The lowest BCUT2D eigenvalue weighted by Crippen LogP contribution is -2.14. The lowest BCUT2D eigenvalue weighted by atomic mass is 10.1. The topological polar surface area (TPSA) is 12.0 Å². The van der Waals surface area contributed by atoms with Gasteiger partial charge in [-0.05, 0) is 43.8 Å². The van der Waals surface area contributed by atoms with Crippen LogP contribution < -0.4 is 5.32 Å². The zero-order valence-electron chi connectivity index (χ0n) is 11.1. The summed E-state index contributed by atoms with van der Waals surface area (Å²) in [5.41, 5.74) is 3.39. The summed E-state index contributed by atoms with van der Waals surface area (Å²) >= 11 is 5.89. The van der Waals surface area contributed by atoms with E-state index in [9.17, 15) is 0 Å². The smallest absolute Gasteiger partial charge is 0.0947 e. The molecule has 0 heterocycles. The van der Waals surface area contributed by atoms with Gasteiger partial charge in [-0.2, -0.15) is 0 Å². The van der Waals surface area contributed by atoms with Crippen LogP contribution in [-0.4, -0.2) is 7.05 Å². The second kappa shape index (κ2) is 6.43. The van der Waals surface area contributed by atoms with Crippen LogP contribution in [0.15, 0.2) is 48.5 Å². The number of hydrogen-bond acceptors (Lipinski definition) is 1. The van der Waals surface area contributed by atoms with Crippen molar-refractivity contribution in [3.05, 3.63) is 70.2 Å². The maximum Gasteiger partial charge on any atom is 0.0947 e. The third-order valence-corrected chi connectivity index (χ3v) is 3.16. The van der Waals surface area contributed by atoms with Crippen LogP contribution in [0.25, 0.3) is 0 Å². The lowest BCUT2D eigenvalue weighted by molar-refractivity contribution is 0.736. The number of halogens is 1. The molecule has 0 saturated carbocycles. The second-order valence-corrected chi connectivity index (χ2v) is 4.85. The molecule has 96 valence electrons. The van der Waals surface area contributed by atoms with Crippen LogP contribution in [0, 0.1) is 18.8 Å². The van der Waals surface area contributed by atoms with Crippen molar-refractivity contribution in [1.82, 2.24) is 5.32 Å². The summed E-state index contributed by atoms with van der Waals surface area (Å²) in [5, 5.41) is 3.94. The fourth-order valence-electron chi connectivity index (χ4n) is 1.77. The Morgan fingerprint density at radius 2 is 1.63 bits per heavy atom. The van der Waals surface area contributed by atoms with Crippen molar-refractivity contribution >= 4 is 11.6 Å². The van der Waals surface area contributed by atoms with Gasteiger partial charge in [0.25, 0.3) is 0 Å². The second-order valence-electron chi connectivity index (χ2n) is 4.41. The van der Waals surface area contributed by atoms with Crippen molar-refractivity contribution < 1.29 is 0 Å².